The van der Waals surface area contributed by atoms with Crippen molar-refractivity contribution >= 4 is 23.5 Å². The summed E-state index contributed by atoms with van der Waals surface area (Å²) in [6.45, 7) is 0. The summed E-state index contributed by atoms with van der Waals surface area (Å²) in [6.07, 6.45) is 0.263. The Morgan fingerprint density at radius 1 is 0.889 bits per heavy atom. The molecule has 0 aliphatic carbocycles. The smallest absolute Gasteiger partial charge is 0.248 e. The van der Waals surface area contributed by atoms with Gasteiger partial charge in [-0.3, -0.25) is 9.59 Å². The molecule has 136 valence electrons. The van der Waals surface area contributed by atoms with Crippen LogP contribution >= 0.6 is 11.8 Å². The Balaban J connectivity index is 1.87. The van der Waals surface area contributed by atoms with Crippen LogP contribution in [0.15, 0.2) is 83.8 Å². The Morgan fingerprint density at radius 2 is 1.59 bits per heavy atom. The van der Waals surface area contributed by atoms with Gasteiger partial charge in [0, 0.05) is 27.7 Å². The summed E-state index contributed by atoms with van der Waals surface area (Å²) in [4.78, 5) is 25.1. The highest BCUT2D eigenvalue weighted by Gasteiger charge is 2.19. The summed E-state index contributed by atoms with van der Waals surface area (Å²) < 4.78 is 0. The molecule has 3 aromatic rings. The number of hydrogen-bond acceptors (Lipinski definition) is 4. The molecular weight excluding hydrogens is 358 g/mol. The lowest BCUT2D eigenvalue weighted by atomic mass is 10.0. The van der Waals surface area contributed by atoms with E-state index in [0.29, 0.717) is 11.1 Å². The van der Waals surface area contributed by atoms with Crippen LogP contribution in [0.2, 0.25) is 0 Å². The van der Waals surface area contributed by atoms with E-state index >= 15 is 0 Å². The van der Waals surface area contributed by atoms with Gasteiger partial charge in [0.15, 0.2) is 5.78 Å². The van der Waals surface area contributed by atoms with E-state index in [9.17, 15) is 14.7 Å². The number of nitrogens with two attached hydrogens (primary N) is 1. The lowest BCUT2D eigenvalue weighted by Crippen LogP contribution is -2.11. The number of carbonyl (C=O) groups is 2. The van der Waals surface area contributed by atoms with Crippen molar-refractivity contribution < 1.29 is 14.7 Å². The summed E-state index contributed by atoms with van der Waals surface area (Å²) in [5.74, 6) is -0.470. The number of Topliss-reactive ketones (excluding diaryl/α,β-unsaturated/α-hetero) is 1. The van der Waals surface area contributed by atoms with Crippen molar-refractivity contribution in [1.82, 2.24) is 0 Å². The number of hydrogen-bond donors (Lipinski definition) is 2. The predicted molar refractivity (Wildman–Crippen MR) is 107 cm³/mol. The number of rotatable bonds is 7. The number of carbonyl (C=O) groups excluding carboxylic acids is 2. The van der Waals surface area contributed by atoms with Gasteiger partial charge >= 0.3 is 0 Å². The van der Waals surface area contributed by atoms with Crippen LogP contribution < -0.4 is 5.73 Å². The molecule has 0 fully saturated rings. The maximum absolute atomic E-state index is 12.7. The fraction of sp³-hybridized carbons (Fsp3) is 0.0909. The van der Waals surface area contributed by atoms with E-state index in [1.807, 2.05) is 42.5 Å². The van der Waals surface area contributed by atoms with Crippen LogP contribution in [-0.2, 0) is 0 Å². The third-order valence-electron chi connectivity index (χ3n) is 4.13. The molecule has 0 heterocycles. The van der Waals surface area contributed by atoms with E-state index in [1.165, 1.54) is 12.1 Å². The number of ketones is 1. The van der Waals surface area contributed by atoms with Crippen LogP contribution in [0.4, 0.5) is 0 Å². The van der Waals surface area contributed by atoms with Crippen molar-refractivity contribution in [3.63, 3.8) is 0 Å². The Kier molecular flexibility index (Phi) is 5.94. The molecule has 0 radical (unpaired) electrons. The first-order valence-corrected chi connectivity index (χ1v) is 9.34. The average molecular weight is 377 g/mol. The van der Waals surface area contributed by atoms with Crippen LogP contribution in [0, 0.1) is 0 Å². The van der Waals surface area contributed by atoms with Crippen LogP contribution in [0.3, 0.4) is 0 Å². The minimum atomic E-state index is -0.482. The fourth-order valence-corrected chi connectivity index (χ4v) is 3.89. The standard InChI is InChI=1S/C22H19NO3S/c23-22(26)16-11-9-15(10-12-16)21(27-19-7-2-1-3-8-19)14-20(25)17-5-4-6-18(24)13-17/h1-13,21,24H,14H2,(H2,23,26). The van der Waals surface area contributed by atoms with Crippen LogP contribution in [0.25, 0.3) is 0 Å². The highest BCUT2D eigenvalue weighted by Crippen LogP contribution is 2.38. The lowest BCUT2D eigenvalue weighted by molar-refractivity contribution is 0.0978. The SMILES string of the molecule is NC(=O)c1ccc(C(CC(=O)c2cccc(O)c2)Sc2ccccc2)cc1. The van der Waals surface area contributed by atoms with Gasteiger partial charge in [0.25, 0.3) is 0 Å². The molecule has 0 saturated carbocycles. The molecule has 1 amide bonds. The molecule has 3 rings (SSSR count). The zero-order valence-corrected chi connectivity index (χ0v) is 15.4. The Morgan fingerprint density at radius 3 is 2.22 bits per heavy atom. The van der Waals surface area contributed by atoms with Gasteiger partial charge in [-0.2, -0.15) is 0 Å². The first-order chi connectivity index (χ1) is 13.0. The number of aromatic hydroxyl groups is 1. The Hall–Kier alpha value is -3.05. The first-order valence-electron chi connectivity index (χ1n) is 8.46. The largest absolute Gasteiger partial charge is 0.508 e. The number of phenols is 1. The molecule has 5 heteroatoms. The molecule has 0 aromatic heterocycles. The van der Waals surface area contributed by atoms with Crippen LogP contribution in [0.1, 0.15) is 38.0 Å². The molecule has 1 unspecified atom stereocenters. The van der Waals surface area contributed by atoms with Gasteiger partial charge in [-0.05, 0) is 42.0 Å². The van der Waals surface area contributed by atoms with Gasteiger partial charge in [-0.25, -0.2) is 0 Å². The molecule has 0 aliphatic heterocycles. The van der Waals surface area contributed by atoms with Gasteiger partial charge in [-0.15, -0.1) is 11.8 Å². The van der Waals surface area contributed by atoms with E-state index in [4.69, 9.17) is 5.73 Å². The summed E-state index contributed by atoms with van der Waals surface area (Å²) >= 11 is 1.58. The molecule has 0 aliphatic rings. The van der Waals surface area contributed by atoms with Crippen molar-refractivity contribution in [3.05, 3.63) is 95.6 Å². The summed E-state index contributed by atoms with van der Waals surface area (Å²) in [7, 11) is 0. The zero-order chi connectivity index (χ0) is 19.2. The molecule has 27 heavy (non-hydrogen) atoms. The Labute approximate surface area is 162 Å². The van der Waals surface area contributed by atoms with Crippen molar-refractivity contribution in [1.29, 1.82) is 0 Å². The third-order valence-corrected chi connectivity index (χ3v) is 5.40. The number of phenolic OH excluding ortho intramolecular Hbond substituents is 1. The van der Waals surface area contributed by atoms with E-state index in [1.54, 1.807) is 36.0 Å². The van der Waals surface area contributed by atoms with Gasteiger partial charge in [0.2, 0.25) is 5.91 Å². The van der Waals surface area contributed by atoms with Crippen molar-refractivity contribution in [2.45, 2.75) is 16.6 Å². The first kappa shape index (κ1) is 18.7. The average Bonchev–Trinajstić information content (AvgIpc) is 2.68. The molecule has 0 bridgehead atoms. The molecule has 1 atom stereocenters. The van der Waals surface area contributed by atoms with Crippen molar-refractivity contribution in [2.24, 2.45) is 5.73 Å². The van der Waals surface area contributed by atoms with E-state index in [2.05, 4.69) is 0 Å². The zero-order valence-electron chi connectivity index (χ0n) is 14.5. The monoisotopic (exact) mass is 377 g/mol. The fourth-order valence-electron chi connectivity index (χ4n) is 2.72. The summed E-state index contributed by atoms with van der Waals surface area (Å²) in [6, 6.07) is 23.2. The van der Waals surface area contributed by atoms with E-state index < -0.39 is 5.91 Å². The molecular formula is C22H19NO3S. The van der Waals surface area contributed by atoms with Gasteiger partial charge in [0.1, 0.15) is 5.75 Å². The van der Waals surface area contributed by atoms with Gasteiger partial charge < -0.3 is 10.8 Å². The second kappa shape index (κ2) is 8.56. The molecule has 4 nitrogen and oxygen atoms in total. The second-order valence-corrected chi connectivity index (χ2v) is 7.36. The molecule has 0 spiro atoms. The van der Waals surface area contributed by atoms with Crippen molar-refractivity contribution in [3.8, 4) is 5.75 Å². The number of amides is 1. The quantitative estimate of drug-likeness (QED) is 0.466. The highest BCUT2D eigenvalue weighted by atomic mass is 32.2. The van der Waals surface area contributed by atoms with Crippen LogP contribution in [0.5, 0.6) is 5.75 Å². The summed E-state index contributed by atoms with van der Waals surface area (Å²) in [5.41, 5.74) is 7.15. The lowest BCUT2D eigenvalue weighted by Gasteiger charge is -2.17. The minimum Gasteiger partial charge on any atom is -0.508 e. The second-order valence-electron chi connectivity index (χ2n) is 6.08. The molecule has 0 saturated heterocycles. The third kappa shape index (κ3) is 4.99. The number of thioether (sulfide) groups is 1. The number of benzene rings is 3. The van der Waals surface area contributed by atoms with Gasteiger partial charge in [0.05, 0.1) is 0 Å². The van der Waals surface area contributed by atoms with Crippen molar-refractivity contribution in [2.75, 3.05) is 0 Å². The summed E-state index contributed by atoms with van der Waals surface area (Å²) in [5, 5.41) is 9.49. The molecule has 3 N–H and O–H groups in total. The van der Waals surface area contributed by atoms with Gasteiger partial charge in [-0.1, -0.05) is 42.5 Å². The maximum atomic E-state index is 12.7. The van der Waals surface area contributed by atoms with E-state index in [-0.39, 0.29) is 23.2 Å². The molecule has 3 aromatic carbocycles. The number of primary amides is 1. The maximum Gasteiger partial charge on any atom is 0.248 e. The highest BCUT2D eigenvalue weighted by molar-refractivity contribution is 7.99. The topological polar surface area (TPSA) is 80.4 Å². The normalized spacial score (nSPS) is 11.7. The van der Waals surface area contributed by atoms with E-state index in [0.717, 1.165) is 10.5 Å². The Bertz CT molecular complexity index is 939. The van der Waals surface area contributed by atoms with Crippen LogP contribution in [-0.4, -0.2) is 16.8 Å². The predicted octanol–water partition coefficient (Wildman–Crippen LogP) is 4.60. The minimum absolute atomic E-state index is 0.0571.